The van der Waals surface area contributed by atoms with E-state index >= 15 is 0 Å². The summed E-state index contributed by atoms with van der Waals surface area (Å²) in [4.78, 5) is 55.8. The summed E-state index contributed by atoms with van der Waals surface area (Å²) in [6.07, 6.45) is 2.09. The Bertz CT molecular complexity index is 1420. The van der Waals surface area contributed by atoms with Gasteiger partial charge in [-0.1, -0.05) is 49.0 Å². The quantitative estimate of drug-likeness (QED) is 0.256. The molecular weight excluding hydrogens is 503 g/mol. The summed E-state index contributed by atoms with van der Waals surface area (Å²) >= 11 is 1.89. The van der Waals surface area contributed by atoms with Crippen LogP contribution in [0.25, 0.3) is 17.0 Å². The number of benzene rings is 2. The molecule has 0 unspecified atom stereocenters. The average Bonchev–Trinajstić information content (AvgIpc) is 3.13. The highest BCUT2D eigenvalue weighted by Crippen LogP contribution is 2.32. The first-order valence-corrected chi connectivity index (χ1v) is 13.1. The van der Waals surface area contributed by atoms with Gasteiger partial charge in [0, 0.05) is 25.2 Å². The molecule has 1 N–H and O–H groups in total. The first kappa shape index (κ1) is 25.6. The zero-order valence-electron chi connectivity index (χ0n) is 19.4. The molecule has 0 saturated carbocycles. The van der Waals surface area contributed by atoms with E-state index in [9.17, 15) is 23.6 Å². The summed E-state index contributed by atoms with van der Waals surface area (Å²) in [5, 5.41) is 3.20. The SMILES string of the molecule is CCCn1c(SCC(=O)NCCN2C(=O)S/C(=C/c3ccccc3F)C2=O)nc2ccccc2c1=O. The van der Waals surface area contributed by atoms with Crippen LogP contribution in [-0.4, -0.2) is 50.3 Å². The maximum atomic E-state index is 13.9. The Morgan fingerprint density at radius 3 is 2.64 bits per heavy atom. The number of nitrogens with one attached hydrogen (secondary N) is 1. The van der Waals surface area contributed by atoms with Gasteiger partial charge in [0.2, 0.25) is 5.91 Å². The van der Waals surface area contributed by atoms with Gasteiger partial charge in [0.1, 0.15) is 5.82 Å². The van der Waals surface area contributed by atoms with Crippen molar-refractivity contribution in [3.05, 3.63) is 75.2 Å². The van der Waals surface area contributed by atoms with E-state index in [0.717, 1.165) is 34.8 Å². The number of imide groups is 1. The maximum absolute atomic E-state index is 13.9. The fourth-order valence-corrected chi connectivity index (χ4v) is 5.30. The molecule has 1 fully saturated rings. The van der Waals surface area contributed by atoms with Crippen LogP contribution in [0.2, 0.25) is 0 Å². The Hall–Kier alpha value is -3.44. The summed E-state index contributed by atoms with van der Waals surface area (Å²) in [5.41, 5.74) is 0.644. The van der Waals surface area contributed by atoms with Crippen molar-refractivity contribution in [2.75, 3.05) is 18.8 Å². The third kappa shape index (κ3) is 5.68. The molecule has 4 rings (SSSR count). The Balaban J connectivity index is 1.34. The van der Waals surface area contributed by atoms with Gasteiger partial charge in [0.15, 0.2) is 5.16 Å². The van der Waals surface area contributed by atoms with Crippen LogP contribution in [0.3, 0.4) is 0 Å². The van der Waals surface area contributed by atoms with Crippen LogP contribution in [0.15, 0.2) is 63.4 Å². The van der Waals surface area contributed by atoms with E-state index in [2.05, 4.69) is 10.3 Å². The Morgan fingerprint density at radius 2 is 1.86 bits per heavy atom. The highest BCUT2D eigenvalue weighted by molar-refractivity contribution is 8.18. The molecule has 0 aliphatic carbocycles. The molecule has 3 aromatic rings. The lowest BCUT2D eigenvalue weighted by atomic mass is 10.2. The summed E-state index contributed by atoms with van der Waals surface area (Å²) in [7, 11) is 0. The van der Waals surface area contributed by atoms with Gasteiger partial charge in [-0.2, -0.15) is 0 Å². The summed E-state index contributed by atoms with van der Waals surface area (Å²) in [6, 6.07) is 13.1. The monoisotopic (exact) mass is 526 g/mol. The molecule has 2 heterocycles. The molecule has 0 radical (unpaired) electrons. The number of fused-ring (bicyclic) bond motifs is 1. The second-order valence-electron chi connectivity index (χ2n) is 7.86. The number of halogens is 1. The molecule has 1 aromatic heterocycles. The average molecular weight is 527 g/mol. The van der Waals surface area contributed by atoms with Crippen LogP contribution < -0.4 is 10.9 Å². The molecular formula is C25H23FN4O4S2. The molecule has 0 spiro atoms. The Labute approximate surface area is 215 Å². The zero-order chi connectivity index (χ0) is 25.7. The van der Waals surface area contributed by atoms with E-state index in [1.54, 1.807) is 41.0 Å². The minimum atomic E-state index is -0.527. The van der Waals surface area contributed by atoms with Gasteiger partial charge < -0.3 is 5.32 Å². The number of hydrogen-bond donors (Lipinski definition) is 1. The number of hydrogen-bond acceptors (Lipinski definition) is 7. The van der Waals surface area contributed by atoms with E-state index in [4.69, 9.17) is 0 Å². The minimum absolute atomic E-state index is 0.00947. The summed E-state index contributed by atoms with van der Waals surface area (Å²) < 4.78 is 15.5. The molecule has 2 aromatic carbocycles. The molecule has 0 atom stereocenters. The predicted molar refractivity (Wildman–Crippen MR) is 139 cm³/mol. The summed E-state index contributed by atoms with van der Waals surface area (Å²) in [5.74, 6) is -1.32. The number of para-hydroxylation sites is 1. The zero-order valence-corrected chi connectivity index (χ0v) is 21.0. The third-order valence-corrected chi connectivity index (χ3v) is 7.21. The van der Waals surface area contributed by atoms with Crippen LogP contribution in [0.5, 0.6) is 0 Å². The lowest BCUT2D eigenvalue weighted by Gasteiger charge is -2.14. The topological polar surface area (TPSA) is 101 Å². The van der Waals surface area contributed by atoms with Crippen molar-refractivity contribution < 1.29 is 18.8 Å². The number of carbonyl (C=O) groups excluding carboxylic acids is 3. The van der Waals surface area contributed by atoms with Gasteiger partial charge in [0.05, 0.1) is 21.6 Å². The van der Waals surface area contributed by atoms with E-state index in [0.29, 0.717) is 22.6 Å². The standard InChI is InChI=1S/C25H23FN4O4S2/c1-2-12-29-22(32)17-8-4-6-10-19(17)28-24(29)35-15-21(31)27-11-13-30-23(33)20(36-25(30)34)14-16-7-3-5-9-18(16)26/h3-10,14H,2,11-13,15H2,1H3,(H,27,31)/b20-14+. The lowest BCUT2D eigenvalue weighted by Crippen LogP contribution is -2.37. The Morgan fingerprint density at radius 1 is 1.11 bits per heavy atom. The minimum Gasteiger partial charge on any atom is -0.354 e. The molecule has 1 aliphatic heterocycles. The van der Waals surface area contributed by atoms with Crippen molar-refractivity contribution in [2.24, 2.45) is 0 Å². The predicted octanol–water partition coefficient (Wildman–Crippen LogP) is 3.89. The molecule has 36 heavy (non-hydrogen) atoms. The van der Waals surface area contributed by atoms with Gasteiger partial charge in [-0.3, -0.25) is 28.6 Å². The van der Waals surface area contributed by atoms with E-state index < -0.39 is 17.0 Å². The largest absolute Gasteiger partial charge is 0.354 e. The molecule has 1 saturated heterocycles. The van der Waals surface area contributed by atoms with Crippen LogP contribution in [0.4, 0.5) is 9.18 Å². The van der Waals surface area contributed by atoms with Crippen molar-refractivity contribution in [3.8, 4) is 0 Å². The van der Waals surface area contributed by atoms with Crippen molar-refractivity contribution in [2.45, 2.75) is 25.0 Å². The van der Waals surface area contributed by atoms with Gasteiger partial charge >= 0.3 is 0 Å². The first-order chi connectivity index (χ1) is 17.4. The summed E-state index contributed by atoms with van der Waals surface area (Å²) in [6.45, 7) is 2.50. The number of amides is 3. The highest BCUT2D eigenvalue weighted by atomic mass is 32.2. The van der Waals surface area contributed by atoms with Crippen molar-refractivity contribution in [1.82, 2.24) is 19.8 Å². The maximum Gasteiger partial charge on any atom is 0.293 e. The Kier molecular flexibility index (Phi) is 8.21. The van der Waals surface area contributed by atoms with Crippen LogP contribution in [-0.2, 0) is 16.1 Å². The van der Waals surface area contributed by atoms with Gasteiger partial charge in [0.25, 0.3) is 16.7 Å². The number of nitrogens with zero attached hydrogens (tertiary/aromatic N) is 3. The normalized spacial score (nSPS) is 14.7. The second-order valence-corrected chi connectivity index (χ2v) is 9.80. The van der Waals surface area contributed by atoms with Crippen LogP contribution in [0, 0.1) is 5.82 Å². The van der Waals surface area contributed by atoms with Crippen molar-refractivity contribution >= 4 is 57.6 Å². The second kappa shape index (κ2) is 11.5. The highest BCUT2D eigenvalue weighted by Gasteiger charge is 2.34. The number of thioether (sulfide) groups is 2. The van der Waals surface area contributed by atoms with Crippen LogP contribution in [0.1, 0.15) is 18.9 Å². The van der Waals surface area contributed by atoms with E-state index in [1.807, 2.05) is 6.92 Å². The van der Waals surface area contributed by atoms with E-state index in [-0.39, 0.29) is 40.8 Å². The van der Waals surface area contributed by atoms with Gasteiger partial charge in [-0.05, 0) is 42.5 Å². The van der Waals surface area contributed by atoms with Crippen LogP contribution >= 0.6 is 23.5 Å². The first-order valence-electron chi connectivity index (χ1n) is 11.3. The van der Waals surface area contributed by atoms with Crippen molar-refractivity contribution in [1.29, 1.82) is 0 Å². The smallest absolute Gasteiger partial charge is 0.293 e. The third-order valence-electron chi connectivity index (χ3n) is 5.33. The fourth-order valence-electron chi connectivity index (χ4n) is 3.59. The van der Waals surface area contributed by atoms with Gasteiger partial charge in [-0.15, -0.1) is 0 Å². The number of aromatic nitrogens is 2. The fraction of sp³-hybridized carbons (Fsp3) is 0.240. The van der Waals surface area contributed by atoms with E-state index in [1.165, 1.54) is 18.2 Å². The molecule has 3 amide bonds. The molecule has 8 nitrogen and oxygen atoms in total. The molecule has 11 heteroatoms. The number of carbonyl (C=O) groups is 3. The van der Waals surface area contributed by atoms with Crippen molar-refractivity contribution in [3.63, 3.8) is 0 Å². The molecule has 0 bridgehead atoms. The molecule has 1 aliphatic rings. The number of rotatable bonds is 9. The lowest BCUT2D eigenvalue weighted by molar-refractivity contribution is -0.123. The molecule has 186 valence electrons. The van der Waals surface area contributed by atoms with Gasteiger partial charge in [-0.25, -0.2) is 9.37 Å².